The van der Waals surface area contributed by atoms with Crippen molar-refractivity contribution in [2.75, 3.05) is 39.3 Å². The zero-order chi connectivity index (χ0) is 17.9. The molecule has 2 aliphatic heterocycles. The number of rotatable bonds is 7. The molecule has 0 aromatic heterocycles. The zero-order valence-corrected chi connectivity index (χ0v) is 16.1. The van der Waals surface area contributed by atoms with Crippen LogP contribution in [0.1, 0.15) is 56.9 Å². The van der Waals surface area contributed by atoms with E-state index < -0.39 is 0 Å². The van der Waals surface area contributed by atoms with E-state index in [2.05, 4.69) is 46.3 Å². The summed E-state index contributed by atoms with van der Waals surface area (Å²) in [6, 6.07) is 8.27. The number of likely N-dealkylation sites (tertiary alicyclic amines) is 1. The first-order chi connectivity index (χ1) is 12.9. The van der Waals surface area contributed by atoms with E-state index in [4.69, 9.17) is 4.74 Å². The van der Waals surface area contributed by atoms with Gasteiger partial charge in [0.05, 0.1) is 6.61 Å². The number of nitrogens with one attached hydrogen (secondary N) is 1. The van der Waals surface area contributed by atoms with Gasteiger partial charge in [-0.25, -0.2) is 0 Å². The Balaban J connectivity index is 1.31. The maximum atomic E-state index is 5.88. The van der Waals surface area contributed by atoms with Crippen LogP contribution in [0.3, 0.4) is 0 Å². The second kappa shape index (κ2) is 11.3. The first kappa shape index (κ1) is 19.3. The van der Waals surface area contributed by atoms with Gasteiger partial charge in [0.1, 0.15) is 5.75 Å². The predicted octanol–water partition coefficient (Wildman–Crippen LogP) is 4.07. The molecular weight excluding hydrogens is 320 g/mol. The van der Waals surface area contributed by atoms with Crippen LogP contribution in [0.5, 0.6) is 5.75 Å². The summed E-state index contributed by atoms with van der Waals surface area (Å²) >= 11 is 0. The monoisotopic (exact) mass is 354 g/mol. The molecule has 26 heavy (non-hydrogen) atoms. The van der Waals surface area contributed by atoms with Crippen molar-refractivity contribution in [2.24, 2.45) is 5.92 Å². The fraction of sp³-hybridized carbons (Fsp3) is 0.652. The minimum Gasteiger partial charge on any atom is -0.494 e. The Kier molecular flexibility index (Phi) is 8.35. The Labute approximate surface area is 159 Å². The molecule has 0 aliphatic carbocycles. The van der Waals surface area contributed by atoms with Gasteiger partial charge in [-0.3, -0.25) is 0 Å². The van der Waals surface area contributed by atoms with Crippen LogP contribution in [-0.4, -0.2) is 44.2 Å². The minimum absolute atomic E-state index is 0.803. The fourth-order valence-corrected chi connectivity index (χ4v) is 3.91. The molecule has 2 saturated heterocycles. The van der Waals surface area contributed by atoms with Crippen molar-refractivity contribution >= 4 is 0 Å². The van der Waals surface area contributed by atoms with Crippen molar-refractivity contribution in [2.45, 2.75) is 51.4 Å². The molecule has 3 rings (SSSR count). The first-order valence-electron chi connectivity index (χ1n) is 10.5. The molecule has 0 amide bonds. The summed E-state index contributed by atoms with van der Waals surface area (Å²) in [5, 5.41) is 3.42. The lowest BCUT2D eigenvalue weighted by atomic mass is 9.93. The third-order valence-corrected chi connectivity index (χ3v) is 5.56. The highest BCUT2D eigenvalue weighted by atomic mass is 16.5. The van der Waals surface area contributed by atoms with Gasteiger partial charge in [0.2, 0.25) is 0 Å². The maximum absolute atomic E-state index is 5.88. The van der Waals surface area contributed by atoms with E-state index in [-0.39, 0.29) is 0 Å². The lowest BCUT2D eigenvalue weighted by Gasteiger charge is -2.26. The standard InChI is InChI=1S/C23H34N2O/c1-4-17-25(18-5-1)19-6-20-26-23-11-9-21(10-12-23)7-2-3-8-22-13-15-24-16-14-22/h9-12,22,24H,1,3-6,8,13-20H2. The maximum Gasteiger partial charge on any atom is 0.119 e. The Bertz CT molecular complexity index is 560. The molecule has 3 heteroatoms. The number of piperidine rings is 2. The zero-order valence-electron chi connectivity index (χ0n) is 16.1. The second-order valence-corrected chi connectivity index (χ2v) is 7.66. The third-order valence-electron chi connectivity index (χ3n) is 5.56. The normalized spacial score (nSPS) is 18.9. The predicted molar refractivity (Wildman–Crippen MR) is 109 cm³/mol. The SMILES string of the molecule is C(#Cc1ccc(OCCCN2CCCCC2)cc1)CCC1CCNCC1. The molecule has 1 aromatic rings. The summed E-state index contributed by atoms with van der Waals surface area (Å²) in [5.41, 5.74) is 1.09. The molecule has 2 fully saturated rings. The van der Waals surface area contributed by atoms with Gasteiger partial charge in [-0.05, 0) is 94.9 Å². The quantitative estimate of drug-likeness (QED) is 0.590. The van der Waals surface area contributed by atoms with Crippen LogP contribution >= 0.6 is 0 Å². The van der Waals surface area contributed by atoms with E-state index in [1.54, 1.807) is 0 Å². The summed E-state index contributed by atoms with van der Waals surface area (Å²) in [5.74, 6) is 8.46. The van der Waals surface area contributed by atoms with Gasteiger partial charge in [0.25, 0.3) is 0 Å². The van der Waals surface area contributed by atoms with Crippen molar-refractivity contribution in [3.05, 3.63) is 29.8 Å². The summed E-state index contributed by atoms with van der Waals surface area (Å²) in [6.45, 7) is 6.86. The van der Waals surface area contributed by atoms with Gasteiger partial charge in [-0.1, -0.05) is 18.3 Å². The van der Waals surface area contributed by atoms with Crippen LogP contribution in [0.25, 0.3) is 0 Å². The van der Waals surface area contributed by atoms with E-state index in [9.17, 15) is 0 Å². The van der Waals surface area contributed by atoms with Crippen LogP contribution in [0, 0.1) is 17.8 Å². The average molecular weight is 355 g/mol. The molecule has 142 valence electrons. The van der Waals surface area contributed by atoms with Gasteiger partial charge in [-0.15, -0.1) is 0 Å². The lowest BCUT2D eigenvalue weighted by molar-refractivity contribution is 0.205. The Morgan fingerprint density at radius 1 is 1.04 bits per heavy atom. The van der Waals surface area contributed by atoms with Crippen molar-refractivity contribution in [3.8, 4) is 17.6 Å². The van der Waals surface area contributed by atoms with Gasteiger partial charge in [0, 0.05) is 18.5 Å². The highest BCUT2D eigenvalue weighted by molar-refractivity contribution is 5.38. The molecule has 0 spiro atoms. The molecular formula is C23H34N2O. The van der Waals surface area contributed by atoms with Crippen LogP contribution < -0.4 is 10.1 Å². The lowest BCUT2D eigenvalue weighted by Crippen LogP contribution is -2.31. The Morgan fingerprint density at radius 2 is 1.81 bits per heavy atom. The van der Waals surface area contributed by atoms with Gasteiger partial charge >= 0.3 is 0 Å². The molecule has 0 saturated carbocycles. The van der Waals surface area contributed by atoms with E-state index in [0.717, 1.165) is 36.7 Å². The minimum atomic E-state index is 0.803. The number of ether oxygens (including phenoxy) is 1. The molecule has 1 aromatic carbocycles. The van der Waals surface area contributed by atoms with E-state index in [1.165, 1.54) is 71.2 Å². The number of nitrogens with zero attached hydrogens (tertiary/aromatic N) is 1. The van der Waals surface area contributed by atoms with Gasteiger partial charge in [-0.2, -0.15) is 0 Å². The second-order valence-electron chi connectivity index (χ2n) is 7.66. The van der Waals surface area contributed by atoms with Gasteiger partial charge < -0.3 is 15.0 Å². The van der Waals surface area contributed by atoms with E-state index >= 15 is 0 Å². The van der Waals surface area contributed by atoms with Crippen molar-refractivity contribution in [3.63, 3.8) is 0 Å². The summed E-state index contributed by atoms with van der Waals surface area (Å²) in [7, 11) is 0. The first-order valence-corrected chi connectivity index (χ1v) is 10.5. The number of benzene rings is 1. The molecule has 0 bridgehead atoms. The van der Waals surface area contributed by atoms with Crippen LogP contribution in [-0.2, 0) is 0 Å². The molecule has 2 aliphatic rings. The smallest absolute Gasteiger partial charge is 0.119 e. The summed E-state index contributed by atoms with van der Waals surface area (Å²) in [4.78, 5) is 2.56. The number of hydrogen-bond acceptors (Lipinski definition) is 3. The van der Waals surface area contributed by atoms with Crippen LogP contribution in [0.2, 0.25) is 0 Å². The number of hydrogen-bond donors (Lipinski definition) is 1. The molecule has 2 heterocycles. The molecule has 0 unspecified atom stereocenters. The molecule has 3 nitrogen and oxygen atoms in total. The molecule has 1 N–H and O–H groups in total. The van der Waals surface area contributed by atoms with Crippen LogP contribution in [0.15, 0.2) is 24.3 Å². The van der Waals surface area contributed by atoms with Crippen molar-refractivity contribution in [1.82, 2.24) is 10.2 Å². The Morgan fingerprint density at radius 3 is 2.58 bits per heavy atom. The Hall–Kier alpha value is -1.50. The summed E-state index contributed by atoms with van der Waals surface area (Å²) in [6.07, 6.45) is 10.1. The average Bonchev–Trinajstić information content (AvgIpc) is 2.71. The van der Waals surface area contributed by atoms with Crippen LogP contribution in [0.4, 0.5) is 0 Å². The highest BCUT2D eigenvalue weighted by Gasteiger charge is 2.11. The largest absolute Gasteiger partial charge is 0.494 e. The molecule has 0 radical (unpaired) electrons. The topological polar surface area (TPSA) is 24.5 Å². The fourth-order valence-electron chi connectivity index (χ4n) is 3.91. The van der Waals surface area contributed by atoms with Crippen molar-refractivity contribution < 1.29 is 4.74 Å². The summed E-state index contributed by atoms with van der Waals surface area (Å²) < 4.78 is 5.88. The molecule has 0 atom stereocenters. The van der Waals surface area contributed by atoms with Gasteiger partial charge in [0.15, 0.2) is 0 Å². The van der Waals surface area contributed by atoms with Crippen molar-refractivity contribution in [1.29, 1.82) is 0 Å². The highest BCUT2D eigenvalue weighted by Crippen LogP contribution is 2.17. The van der Waals surface area contributed by atoms with E-state index in [1.807, 2.05) is 0 Å². The third kappa shape index (κ3) is 7.02. The van der Waals surface area contributed by atoms with E-state index in [0.29, 0.717) is 0 Å².